The van der Waals surface area contributed by atoms with E-state index < -0.39 is 17.9 Å². The molecule has 6 nitrogen and oxygen atoms in total. The number of nitrogens with one attached hydrogen (secondary N) is 1. The molecule has 0 aliphatic heterocycles. The van der Waals surface area contributed by atoms with Crippen molar-refractivity contribution >= 4 is 23.2 Å². The number of nitrogens with zero attached hydrogens (tertiary/aromatic N) is 1. The topological polar surface area (TPSA) is 88.5 Å². The summed E-state index contributed by atoms with van der Waals surface area (Å²) in [5, 5.41) is 12.4. The zero-order chi connectivity index (χ0) is 17.5. The van der Waals surface area contributed by atoms with Gasteiger partial charge in [0.05, 0.1) is 13.3 Å². The molecule has 1 heterocycles. The van der Waals surface area contributed by atoms with Crippen LogP contribution in [0.1, 0.15) is 35.9 Å². The second kappa shape index (κ2) is 8.44. The predicted molar refractivity (Wildman–Crippen MR) is 92.5 cm³/mol. The van der Waals surface area contributed by atoms with Crippen LogP contribution in [-0.4, -0.2) is 35.1 Å². The number of ether oxygens (including phenoxy) is 1. The van der Waals surface area contributed by atoms with E-state index in [9.17, 15) is 14.7 Å². The Labute approximate surface area is 144 Å². The largest absolute Gasteiger partial charge is 0.497 e. The average Bonchev–Trinajstić information content (AvgIpc) is 3.08. The lowest BCUT2D eigenvalue weighted by molar-refractivity contribution is -0.139. The summed E-state index contributed by atoms with van der Waals surface area (Å²) in [4.78, 5) is 28.1. The monoisotopic (exact) mass is 348 g/mol. The fourth-order valence-electron chi connectivity index (χ4n) is 2.14. The van der Waals surface area contributed by atoms with Gasteiger partial charge in [0, 0.05) is 5.56 Å². The number of thiazole rings is 1. The molecule has 2 aromatic rings. The van der Waals surface area contributed by atoms with Gasteiger partial charge >= 0.3 is 5.97 Å². The number of aromatic nitrogens is 1. The summed E-state index contributed by atoms with van der Waals surface area (Å²) in [5.74, 6) is -0.680. The summed E-state index contributed by atoms with van der Waals surface area (Å²) in [6.07, 6.45) is 3.51. The van der Waals surface area contributed by atoms with E-state index in [0.717, 1.165) is 24.2 Å². The van der Waals surface area contributed by atoms with Gasteiger partial charge in [0.2, 0.25) is 0 Å². The third-order valence-corrected chi connectivity index (χ3v) is 4.56. The number of methoxy groups -OCH3 is 1. The first-order valence-corrected chi connectivity index (χ1v) is 8.50. The van der Waals surface area contributed by atoms with Crippen molar-refractivity contribution in [2.24, 2.45) is 0 Å². The van der Waals surface area contributed by atoms with Gasteiger partial charge in [-0.25, -0.2) is 9.78 Å². The lowest BCUT2D eigenvalue weighted by Gasteiger charge is -2.12. The minimum Gasteiger partial charge on any atom is -0.497 e. The highest BCUT2D eigenvalue weighted by molar-refractivity contribution is 7.16. The van der Waals surface area contributed by atoms with E-state index in [-0.39, 0.29) is 0 Å². The Balaban J connectivity index is 2.08. The molecule has 128 valence electrons. The predicted octanol–water partition coefficient (Wildman–Crippen LogP) is 3.19. The lowest BCUT2D eigenvalue weighted by Crippen LogP contribution is -2.40. The van der Waals surface area contributed by atoms with Crippen LogP contribution in [0, 0.1) is 0 Å². The van der Waals surface area contributed by atoms with Gasteiger partial charge in [-0.3, -0.25) is 4.79 Å². The number of carboxylic acid groups (broad SMARTS) is 1. The van der Waals surface area contributed by atoms with Crippen LogP contribution < -0.4 is 10.1 Å². The Morgan fingerprint density at radius 1 is 1.33 bits per heavy atom. The van der Waals surface area contributed by atoms with Gasteiger partial charge in [-0.2, -0.15) is 0 Å². The van der Waals surface area contributed by atoms with Crippen molar-refractivity contribution in [1.29, 1.82) is 0 Å². The molecule has 1 unspecified atom stereocenters. The highest BCUT2D eigenvalue weighted by Crippen LogP contribution is 2.26. The van der Waals surface area contributed by atoms with Crippen molar-refractivity contribution in [3.63, 3.8) is 0 Å². The van der Waals surface area contributed by atoms with Crippen molar-refractivity contribution in [3.05, 3.63) is 35.3 Å². The highest BCUT2D eigenvalue weighted by atomic mass is 32.1. The van der Waals surface area contributed by atoms with Crippen LogP contribution in [0.15, 0.2) is 30.5 Å². The summed E-state index contributed by atoms with van der Waals surface area (Å²) < 4.78 is 5.11. The number of hydrogen-bond donors (Lipinski definition) is 2. The van der Waals surface area contributed by atoms with E-state index in [2.05, 4.69) is 10.3 Å². The van der Waals surface area contributed by atoms with Gasteiger partial charge in [0.1, 0.15) is 21.7 Å². The standard InChI is InChI=1S/C17H20N2O4S/c1-3-4-5-13(17(21)22)19-15(20)14-10-18-16(24-14)11-6-8-12(23-2)9-7-11/h6-10,13H,3-5H2,1-2H3,(H,19,20)(H,21,22). The summed E-state index contributed by atoms with van der Waals surface area (Å²) in [7, 11) is 1.60. The van der Waals surface area contributed by atoms with Crippen molar-refractivity contribution in [1.82, 2.24) is 10.3 Å². The zero-order valence-corrected chi connectivity index (χ0v) is 14.4. The van der Waals surface area contributed by atoms with Gasteiger partial charge in [0.25, 0.3) is 5.91 Å². The molecule has 1 aromatic heterocycles. The van der Waals surface area contributed by atoms with E-state index in [4.69, 9.17) is 4.74 Å². The summed E-state index contributed by atoms with van der Waals surface area (Å²) in [6.45, 7) is 1.98. The smallest absolute Gasteiger partial charge is 0.326 e. The Bertz CT molecular complexity index is 697. The molecule has 0 saturated carbocycles. The van der Waals surface area contributed by atoms with Crippen LogP contribution in [0.4, 0.5) is 0 Å². The number of aliphatic carboxylic acids is 1. The van der Waals surface area contributed by atoms with E-state index in [1.54, 1.807) is 7.11 Å². The van der Waals surface area contributed by atoms with Crippen LogP contribution in [0.25, 0.3) is 10.6 Å². The summed E-state index contributed by atoms with van der Waals surface area (Å²) in [6, 6.07) is 6.49. The van der Waals surface area contributed by atoms with Gasteiger partial charge in [0.15, 0.2) is 0 Å². The Morgan fingerprint density at radius 3 is 2.62 bits per heavy atom. The molecule has 0 fully saturated rings. The SMILES string of the molecule is CCCCC(NC(=O)c1cnc(-c2ccc(OC)cc2)s1)C(=O)O. The molecule has 24 heavy (non-hydrogen) atoms. The second-order valence-electron chi connectivity index (χ2n) is 5.26. The van der Waals surface area contributed by atoms with Crippen LogP contribution >= 0.6 is 11.3 Å². The number of carbonyl (C=O) groups is 2. The molecule has 0 aliphatic carbocycles. The van der Waals surface area contributed by atoms with Crippen molar-refractivity contribution < 1.29 is 19.4 Å². The minimum absolute atomic E-state index is 0.392. The molecule has 1 atom stereocenters. The Hall–Kier alpha value is -2.41. The van der Waals surface area contributed by atoms with Gasteiger partial charge < -0.3 is 15.2 Å². The fraction of sp³-hybridized carbons (Fsp3) is 0.353. The highest BCUT2D eigenvalue weighted by Gasteiger charge is 2.21. The Kier molecular flexibility index (Phi) is 6.31. The fourth-order valence-corrected chi connectivity index (χ4v) is 2.97. The number of rotatable bonds is 8. The first-order chi connectivity index (χ1) is 11.5. The molecule has 0 aliphatic rings. The normalized spacial score (nSPS) is 11.8. The molecule has 2 rings (SSSR count). The average molecular weight is 348 g/mol. The van der Waals surface area contributed by atoms with Gasteiger partial charge in [-0.05, 0) is 30.7 Å². The van der Waals surface area contributed by atoms with Crippen LogP contribution in [0.5, 0.6) is 5.75 Å². The molecular weight excluding hydrogens is 328 g/mol. The molecule has 2 N–H and O–H groups in total. The van der Waals surface area contributed by atoms with Crippen molar-refractivity contribution in [2.75, 3.05) is 7.11 Å². The van der Waals surface area contributed by atoms with Crippen LogP contribution in [-0.2, 0) is 4.79 Å². The first kappa shape index (κ1) is 17.9. The quantitative estimate of drug-likeness (QED) is 0.765. The third-order valence-electron chi connectivity index (χ3n) is 3.52. The number of unbranched alkanes of at least 4 members (excludes halogenated alkanes) is 1. The summed E-state index contributed by atoms with van der Waals surface area (Å²) >= 11 is 1.23. The van der Waals surface area contributed by atoms with E-state index in [0.29, 0.717) is 16.3 Å². The van der Waals surface area contributed by atoms with Gasteiger partial charge in [-0.15, -0.1) is 11.3 Å². The van der Waals surface area contributed by atoms with E-state index in [1.165, 1.54) is 17.5 Å². The molecule has 0 radical (unpaired) electrons. The molecule has 0 bridgehead atoms. The minimum atomic E-state index is -1.02. The first-order valence-electron chi connectivity index (χ1n) is 7.69. The maximum atomic E-state index is 12.2. The number of carbonyl (C=O) groups excluding carboxylic acids is 1. The van der Waals surface area contributed by atoms with Crippen molar-refractivity contribution in [2.45, 2.75) is 32.2 Å². The molecule has 7 heteroatoms. The summed E-state index contributed by atoms with van der Waals surface area (Å²) in [5.41, 5.74) is 0.876. The molecule has 0 saturated heterocycles. The molecule has 1 amide bonds. The van der Waals surface area contributed by atoms with Crippen LogP contribution in [0.3, 0.4) is 0 Å². The number of amides is 1. The zero-order valence-electron chi connectivity index (χ0n) is 13.6. The second-order valence-corrected chi connectivity index (χ2v) is 6.30. The van der Waals surface area contributed by atoms with Crippen molar-refractivity contribution in [3.8, 4) is 16.3 Å². The van der Waals surface area contributed by atoms with E-state index >= 15 is 0 Å². The van der Waals surface area contributed by atoms with Gasteiger partial charge in [-0.1, -0.05) is 19.8 Å². The molecule has 1 aromatic carbocycles. The maximum Gasteiger partial charge on any atom is 0.326 e. The molecular formula is C17H20N2O4S. The van der Waals surface area contributed by atoms with Crippen LogP contribution in [0.2, 0.25) is 0 Å². The van der Waals surface area contributed by atoms with E-state index in [1.807, 2.05) is 31.2 Å². The molecule has 0 spiro atoms. The number of carboxylic acids is 1. The third kappa shape index (κ3) is 4.55. The number of benzene rings is 1. The number of hydrogen-bond acceptors (Lipinski definition) is 5. The Morgan fingerprint density at radius 2 is 2.04 bits per heavy atom. The maximum absolute atomic E-state index is 12.2. The lowest BCUT2D eigenvalue weighted by atomic mass is 10.1.